The minimum atomic E-state index is 0.541. The summed E-state index contributed by atoms with van der Waals surface area (Å²) in [6.45, 7) is 2.77. The largest absolute Gasteiger partial charge is 0.383 e. The van der Waals surface area contributed by atoms with E-state index in [1.165, 1.54) is 6.33 Å². The minimum absolute atomic E-state index is 0.541. The van der Waals surface area contributed by atoms with Crippen molar-refractivity contribution in [3.63, 3.8) is 0 Å². The molecule has 0 fully saturated rings. The van der Waals surface area contributed by atoms with Crippen molar-refractivity contribution in [2.24, 2.45) is 0 Å². The Labute approximate surface area is 125 Å². The van der Waals surface area contributed by atoms with Crippen LogP contribution in [0.2, 0.25) is 0 Å². The van der Waals surface area contributed by atoms with Gasteiger partial charge in [0.1, 0.15) is 18.0 Å². The molecule has 0 spiro atoms. The highest BCUT2D eigenvalue weighted by Gasteiger charge is 2.13. The van der Waals surface area contributed by atoms with Gasteiger partial charge in [0.2, 0.25) is 0 Å². The summed E-state index contributed by atoms with van der Waals surface area (Å²) in [4.78, 5) is 10.5. The number of nitrogens with zero attached hydrogens (tertiary/aromatic N) is 4. The molecule has 1 heterocycles. The molecule has 5 nitrogen and oxygen atoms in total. The van der Waals surface area contributed by atoms with E-state index in [2.05, 4.69) is 23.0 Å². The zero-order valence-electron chi connectivity index (χ0n) is 12.4. The molecule has 108 valence electrons. The summed E-state index contributed by atoms with van der Waals surface area (Å²) < 4.78 is 0. The number of nitrogens with two attached hydrogens (primary N) is 1. The van der Waals surface area contributed by atoms with Crippen molar-refractivity contribution in [3.8, 4) is 6.07 Å². The van der Waals surface area contributed by atoms with Crippen molar-refractivity contribution in [1.29, 1.82) is 5.26 Å². The van der Waals surface area contributed by atoms with E-state index in [1.54, 1.807) is 6.07 Å². The van der Waals surface area contributed by atoms with Crippen LogP contribution >= 0.6 is 0 Å². The molecular weight excluding hydrogens is 262 g/mol. The van der Waals surface area contributed by atoms with E-state index in [0.717, 1.165) is 29.8 Å². The SMILES string of the molecule is CCCc1c(N)ncnc1N(C)Cc1cccc(C#N)c1. The molecule has 0 aliphatic rings. The van der Waals surface area contributed by atoms with Crippen molar-refractivity contribution in [1.82, 2.24) is 9.97 Å². The molecule has 2 aromatic rings. The van der Waals surface area contributed by atoms with Gasteiger partial charge in [-0.05, 0) is 24.1 Å². The van der Waals surface area contributed by atoms with Gasteiger partial charge in [-0.2, -0.15) is 5.26 Å². The Bertz CT molecular complexity index is 660. The van der Waals surface area contributed by atoms with Crippen molar-refractivity contribution in [2.45, 2.75) is 26.3 Å². The quantitative estimate of drug-likeness (QED) is 0.911. The molecule has 0 amide bonds. The first-order chi connectivity index (χ1) is 10.2. The molecule has 0 aliphatic heterocycles. The number of anilines is 2. The van der Waals surface area contributed by atoms with Crippen LogP contribution in [0.5, 0.6) is 0 Å². The Balaban J connectivity index is 2.26. The third-order valence-electron chi connectivity index (χ3n) is 3.29. The number of nitriles is 1. The van der Waals surface area contributed by atoms with Gasteiger partial charge in [-0.25, -0.2) is 9.97 Å². The topological polar surface area (TPSA) is 78.8 Å². The minimum Gasteiger partial charge on any atom is -0.383 e. The second-order valence-electron chi connectivity index (χ2n) is 4.98. The zero-order valence-corrected chi connectivity index (χ0v) is 12.4. The number of hydrogen-bond donors (Lipinski definition) is 1. The highest BCUT2D eigenvalue weighted by atomic mass is 15.2. The van der Waals surface area contributed by atoms with Crippen molar-refractivity contribution in [3.05, 3.63) is 47.3 Å². The van der Waals surface area contributed by atoms with E-state index < -0.39 is 0 Å². The van der Waals surface area contributed by atoms with E-state index >= 15 is 0 Å². The second-order valence-corrected chi connectivity index (χ2v) is 4.98. The molecule has 5 heteroatoms. The van der Waals surface area contributed by atoms with E-state index in [4.69, 9.17) is 11.0 Å². The van der Waals surface area contributed by atoms with Gasteiger partial charge in [0.15, 0.2) is 0 Å². The van der Waals surface area contributed by atoms with Crippen LogP contribution in [0.1, 0.15) is 30.0 Å². The molecule has 1 aromatic carbocycles. The van der Waals surface area contributed by atoms with Gasteiger partial charge < -0.3 is 10.6 Å². The summed E-state index contributed by atoms with van der Waals surface area (Å²) in [5, 5.41) is 8.96. The molecular formula is C16H19N5. The first-order valence-corrected chi connectivity index (χ1v) is 6.95. The highest BCUT2D eigenvalue weighted by molar-refractivity contribution is 5.56. The Morgan fingerprint density at radius 3 is 2.86 bits per heavy atom. The van der Waals surface area contributed by atoms with Crippen LogP contribution in [0.3, 0.4) is 0 Å². The normalized spacial score (nSPS) is 10.1. The van der Waals surface area contributed by atoms with Crippen LogP contribution < -0.4 is 10.6 Å². The monoisotopic (exact) mass is 281 g/mol. The number of aromatic nitrogens is 2. The third-order valence-corrected chi connectivity index (χ3v) is 3.29. The fraction of sp³-hybridized carbons (Fsp3) is 0.312. The highest BCUT2D eigenvalue weighted by Crippen LogP contribution is 2.23. The lowest BCUT2D eigenvalue weighted by atomic mass is 10.1. The van der Waals surface area contributed by atoms with Gasteiger partial charge in [-0.1, -0.05) is 25.5 Å². The number of hydrogen-bond acceptors (Lipinski definition) is 5. The molecule has 0 radical (unpaired) electrons. The van der Waals surface area contributed by atoms with Crippen LogP contribution in [0.15, 0.2) is 30.6 Å². The van der Waals surface area contributed by atoms with Gasteiger partial charge in [0.05, 0.1) is 11.6 Å². The first kappa shape index (κ1) is 14.8. The lowest BCUT2D eigenvalue weighted by Crippen LogP contribution is -2.20. The number of rotatable bonds is 5. The van der Waals surface area contributed by atoms with E-state index in [0.29, 0.717) is 17.9 Å². The van der Waals surface area contributed by atoms with Crippen molar-refractivity contribution < 1.29 is 0 Å². The van der Waals surface area contributed by atoms with Crippen molar-refractivity contribution >= 4 is 11.6 Å². The van der Waals surface area contributed by atoms with Gasteiger partial charge in [0, 0.05) is 19.2 Å². The molecule has 2 N–H and O–H groups in total. The fourth-order valence-electron chi connectivity index (χ4n) is 2.32. The van der Waals surface area contributed by atoms with Gasteiger partial charge in [0.25, 0.3) is 0 Å². The summed E-state index contributed by atoms with van der Waals surface area (Å²) in [7, 11) is 1.97. The van der Waals surface area contributed by atoms with Gasteiger partial charge >= 0.3 is 0 Å². The fourth-order valence-corrected chi connectivity index (χ4v) is 2.32. The summed E-state index contributed by atoms with van der Waals surface area (Å²) in [6, 6.07) is 9.74. The van der Waals surface area contributed by atoms with Crippen LogP contribution in [0.25, 0.3) is 0 Å². The molecule has 0 saturated carbocycles. The lowest BCUT2D eigenvalue weighted by Gasteiger charge is -2.21. The van der Waals surface area contributed by atoms with Gasteiger partial charge in [-0.3, -0.25) is 0 Å². The Hall–Kier alpha value is -2.61. The number of benzene rings is 1. The molecule has 1 aromatic heterocycles. The first-order valence-electron chi connectivity index (χ1n) is 6.95. The molecule has 0 aliphatic carbocycles. The molecule has 0 unspecified atom stereocenters. The Morgan fingerprint density at radius 1 is 1.33 bits per heavy atom. The second kappa shape index (κ2) is 6.71. The molecule has 0 saturated heterocycles. The smallest absolute Gasteiger partial charge is 0.137 e. The predicted molar refractivity (Wildman–Crippen MR) is 83.7 cm³/mol. The van der Waals surface area contributed by atoms with Crippen LogP contribution in [-0.4, -0.2) is 17.0 Å². The summed E-state index contributed by atoms with van der Waals surface area (Å²) in [5.74, 6) is 1.39. The van der Waals surface area contributed by atoms with Gasteiger partial charge in [-0.15, -0.1) is 0 Å². The molecule has 0 atom stereocenters. The summed E-state index contributed by atoms with van der Waals surface area (Å²) in [6.07, 6.45) is 3.33. The lowest BCUT2D eigenvalue weighted by molar-refractivity contribution is 0.845. The molecule has 0 bridgehead atoms. The number of nitrogen functional groups attached to an aromatic ring is 1. The van der Waals surface area contributed by atoms with E-state index in [1.807, 2.05) is 30.1 Å². The average molecular weight is 281 g/mol. The Kier molecular flexibility index (Phi) is 4.72. The van der Waals surface area contributed by atoms with Crippen LogP contribution in [0, 0.1) is 11.3 Å². The van der Waals surface area contributed by atoms with Crippen LogP contribution in [-0.2, 0) is 13.0 Å². The maximum absolute atomic E-state index is 8.96. The maximum atomic E-state index is 8.96. The molecule has 2 rings (SSSR count). The van der Waals surface area contributed by atoms with E-state index in [-0.39, 0.29) is 0 Å². The van der Waals surface area contributed by atoms with Crippen molar-refractivity contribution in [2.75, 3.05) is 17.7 Å². The Morgan fingerprint density at radius 2 is 2.14 bits per heavy atom. The predicted octanol–water partition coefficient (Wildman–Crippen LogP) is 2.52. The standard InChI is InChI=1S/C16H19N5/c1-3-5-14-15(18)19-11-20-16(14)21(2)10-13-7-4-6-12(8-13)9-17/h4,6-8,11H,3,5,10H2,1-2H3,(H2,18,19,20). The third kappa shape index (κ3) is 3.48. The zero-order chi connectivity index (χ0) is 15.2. The van der Waals surface area contributed by atoms with Crippen LogP contribution in [0.4, 0.5) is 11.6 Å². The summed E-state index contributed by atoms with van der Waals surface area (Å²) >= 11 is 0. The molecule has 21 heavy (non-hydrogen) atoms. The maximum Gasteiger partial charge on any atom is 0.137 e. The van der Waals surface area contributed by atoms with E-state index in [9.17, 15) is 0 Å². The average Bonchev–Trinajstić information content (AvgIpc) is 2.49. The summed E-state index contributed by atoms with van der Waals surface area (Å²) in [5.41, 5.74) is 8.68.